The summed E-state index contributed by atoms with van der Waals surface area (Å²) in [5, 5.41) is 9.05. The van der Waals surface area contributed by atoms with Gasteiger partial charge in [-0.05, 0) is 29.8 Å². The minimum atomic E-state index is -0.384. The average molecular weight is 246 g/mol. The quantitative estimate of drug-likeness (QED) is 0.891. The van der Waals surface area contributed by atoms with Crippen LogP contribution >= 0.6 is 0 Å². The van der Waals surface area contributed by atoms with Crippen LogP contribution in [0.25, 0.3) is 0 Å². The predicted molar refractivity (Wildman–Crippen MR) is 68.4 cm³/mol. The zero-order valence-corrected chi connectivity index (χ0v) is 10.1. The van der Waals surface area contributed by atoms with Crippen LogP contribution in [0, 0.1) is 5.82 Å². The molecular weight excluding hydrogens is 231 g/mol. The summed E-state index contributed by atoms with van der Waals surface area (Å²) in [6.07, 6.45) is 0. The summed E-state index contributed by atoms with van der Waals surface area (Å²) in [5.41, 5.74) is 1.03. The highest BCUT2D eigenvalue weighted by Crippen LogP contribution is 2.25. The lowest BCUT2D eigenvalue weighted by molar-refractivity contribution is 0.273. The third-order valence-corrected chi connectivity index (χ3v) is 2.79. The van der Waals surface area contributed by atoms with Gasteiger partial charge in [0.15, 0.2) is 11.6 Å². The first kappa shape index (κ1) is 12.6. The average Bonchev–Trinajstić information content (AvgIpc) is 2.41. The smallest absolute Gasteiger partial charge is 0.165 e. The maximum absolute atomic E-state index is 13.4. The van der Waals surface area contributed by atoms with Gasteiger partial charge in [-0.25, -0.2) is 4.39 Å². The second kappa shape index (κ2) is 5.65. The van der Waals surface area contributed by atoms with Crippen LogP contribution in [0.15, 0.2) is 48.5 Å². The number of hydrogen-bond donors (Lipinski definition) is 1. The van der Waals surface area contributed by atoms with Crippen LogP contribution in [0.5, 0.6) is 11.5 Å². The first-order valence-electron chi connectivity index (χ1n) is 5.84. The molecule has 2 aromatic carbocycles. The summed E-state index contributed by atoms with van der Waals surface area (Å²) in [6, 6.07) is 13.6. The fourth-order valence-electron chi connectivity index (χ4n) is 1.62. The van der Waals surface area contributed by atoms with Crippen LogP contribution in [-0.2, 0) is 0 Å². The number of hydrogen-bond acceptors (Lipinski definition) is 2. The topological polar surface area (TPSA) is 29.5 Å². The van der Waals surface area contributed by atoms with Crippen LogP contribution in [0.1, 0.15) is 18.4 Å². The molecule has 0 spiro atoms. The molecule has 0 saturated carbocycles. The Labute approximate surface area is 106 Å². The van der Waals surface area contributed by atoms with Gasteiger partial charge >= 0.3 is 0 Å². The zero-order chi connectivity index (χ0) is 13.0. The Morgan fingerprint density at radius 2 is 1.78 bits per heavy atom. The molecule has 3 heteroatoms. The van der Waals surface area contributed by atoms with E-state index in [1.807, 2.05) is 19.1 Å². The maximum Gasteiger partial charge on any atom is 0.165 e. The number of rotatable bonds is 4. The molecule has 1 unspecified atom stereocenters. The third-order valence-electron chi connectivity index (χ3n) is 2.79. The number of para-hydroxylation sites is 1. The van der Waals surface area contributed by atoms with Gasteiger partial charge in [0.1, 0.15) is 5.75 Å². The van der Waals surface area contributed by atoms with Gasteiger partial charge in [-0.15, -0.1) is 0 Å². The molecule has 0 bridgehead atoms. The molecule has 2 aromatic rings. The van der Waals surface area contributed by atoms with Crippen molar-refractivity contribution in [3.63, 3.8) is 0 Å². The molecule has 1 N–H and O–H groups in total. The molecule has 0 heterocycles. The van der Waals surface area contributed by atoms with Crippen molar-refractivity contribution in [1.82, 2.24) is 0 Å². The van der Waals surface area contributed by atoms with Crippen LogP contribution < -0.4 is 4.74 Å². The largest absolute Gasteiger partial charge is 0.454 e. The van der Waals surface area contributed by atoms with E-state index in [0.29, 0.717) is 5.75 Å². The van der Waals surface area contributed by atoms with Crippen LogP contribution in [0.3, 0.4) is 0 Å². The minimum absolute atomic E-state index is 0.0903. The van der Waals surface area contributed by atoms with Gasteiger partial charge < -0.3 is 9.84 Å². The van der Waals surface area contributed by atoms with Gasteiger partial charge in [0.25, 0.3) is 0 Å². The second-order valence-corrected chi connectivity index (χ2v) is 4.19. The van der Waals surface area contributed by atoms with E-state index in [1.165, 1.54) is 6.07 Å². The van der Waals surface area contributed by atoms with E-state index in [1.54, 1.807) is 30.3 Å². The fraction of sp³-hybridized carbons (Fsp3) is 0.200. The van der Waals surface area contributed by atoms with Gasteiger partial charge in [-0.1, -0.05) is 31.2 Å². The predicted octanol–water partition coefficient (Wildman–Crippen LogP) is 3.71. The summed E-state index contributed by atoms with van der Waals surface area (Å²) in [7, 11) is 0. The summed E-state index contributed by atoms with van der Waals surface area (Å²) < 4.78 is 18.8. The fourth-order valence-corrected chi connectivity index (χ4v) is 1.62. The molecule has 1 atom stereocenters. The molecule has 0 aliphatic carbocycles. The van der Waals surface area contributed by atoms with Gasteiger partial charge in [0.05, 0.1) is 0 Å². The van der Waals surface area contributed by atoms with Crippen molar-refractivity contribution in [3.05, 3.63) is 59.9 Å². The Kier molecular flexibility index (Phi) is 3.95. The Morgan fingerprint density at radius 3 is 2.39 bits per heavy atom. The summed E-state index contributed by atoms with van der Waals surface area (Å²) in [5.74, 6) is 0.493. The van der Waals surface area contributed by atoms with Crippen molar-refractivity contribution in [2.24, 2.45) is 0 Å². The first-order valence-corrected chi connectivity index (χ1v) is 5.84. The van der Waals surface area contributed by atoms with E-state index in [-0.39, 0.29) is 24.1 Å². The summed E-state index contributed by atoms with van der Waals surface area (Å²) in [6.45, 7) is 2.04. The normalized spacial score (nSPS) is 12.2. The number of ether oxygens (including phenoxy) is 1. The molecule has 0 fully saturated rings. The number of aliphatic hydroxyl groups is 1. The molecular formula is C15H15FO2. The molecule has 2 rings (SSSR count). The molecule has 18 heavy (non-hydrogen) atoms. The van der Waals surface area contributed by atoms with Gasteiger partial charge in [0.2, 0.25) is 0 Å². The standard InChI is InChI=1S/C15H15FO2/c1-11(10-17)12-6-8-13(9-7-12)18-15-5-3-2-4-14(15)16/h2-9,11,17H,10H2,1H3. The molecule has 0 radical (unpaired) electrons. The highest BCUT2D eigenvalue weighted by Gasteiger charge is 2.06. The lowest BCUT2D eigenvalue weighted by Gasteiger charge is -2.10. The monoisotopic (exact) mass is 246 g/mol. The Hall–Kier alpha value is -1.87. The lowest BCUT2D eigenvalue weighted by Crippen LogP contribution is -1.98. The van der Waals surface area contributed by atoms with Crippen molar-refractivity contribution in [1.29, 1.82) is 0 Å². The van der Waals surface area contributed by atoms with Gasteiger partial charge in [-0.3, -0.25) is 0 Å². The van der Waals surface area contributed by atoms with Crippen LogP contribution in [0.4, 0.5) is 4.39 Å². The number of aliphatic hydroxyl groups excluding tert-OH is 1. The second-order valence-electron chi connectivity index (χ2n) is 4.19. The van der Waals surface area contributed by atoms with Gasteiger partial charge in [-0.2, -0.15) is 0 Å². The summed E-state index contributed by atoms with van der Waals surface area (Å²) in [4.78, 5) is 0. The molecule has 0 aliphatic heterocycles. The highest BCUT2D eigenvalue weighted by molar-refractivity contribution is 5.34. The SMILES string of the molecule is CC(CO)c1ccc(Oc2ccccc2F)cc1. The van der Waals surface area contributed by atoms with Crippen LogP contribution in [-0.4, -0.2) is 11.7 Å². The van der Waals surface area contributed by atoms with Crippen molar-refractivity contribution < 1.29 is 14.2 Å². The molecule has 94 valence electrons. The van der Waals surface area contributed by atoms with E-state index < -0.39 is 0 Å². The molecule has 0 amide bonds. The molecule has 0 saturated heterocycles. The zero-order valence-electron chi connectivity index (χ0n) is 10.1. The minimum Gasteiger partial charge on any atom is -0.454 e. The van der Waals surface area contributed by atoms with E-state index in [4.69, 9.17) is 9.84 Å². The Balaban J connectivity index is 2.14. The van der Waals surface area contributed by atoms with E-state index in [0.717, 1.165) is 5.56 Å². The van der Waals surface area contributed by atoms with Gasteiger partial charge in [0, 0.05) is 12.5 Å². The summed E-state index contributed by atoms with van der Waals surface area (Å²) >= 11 is 0. The Bertz CT molecular complexity index is 508. The van der Waals surface area contributed by atoms with Crippen molar-refractivity contribution in [2.75, 3.05) is 6.61 Å². The molecule has 2 nitrogen and oxygen atoms in total. The van der Waals surface area contributed by atoms with E-state index in [2.05, 4.69) is 0 Å². The van der Waals surface area contributed by atoms with Crippen molar-refractivity contribution in [2.45, 2.75) is 12.8 Å². The lowest BCUT2D eigenvalue weighted by atomic mass is 10.0. The molecule has 0 aromatic heterocycles. The highest BCUT2D eigenvalue weighted by atomic mass is 19.1. The first-order chi connectivity index (χ1) is 8.70. The van der Waals surface area contributed by atoms with Crippen molar-refractivity contribution in [3.8, 4) is 11.5 Å². The van der Waals surface area contributed by atoms with Crippen LogP contribution in [0.2, 0.25) is 0 Å². The number of halogens is 1. The third kappa shape index (κ3) is 2.87. The Morgan fingerprint density at radius 1 is 1.11 bits per heavy atom. The van der Waals surface area contributed by atoms with E-state index in [9.17, 15) is 4.39 Å². The van der Waals surface area contributed by atoms with Crippen molar-refractivity contribution >= 4 is 0 Å². The molecule has 0 aliphatic rings. The maximum atomic E-state index is 13.4. The van der Waals surface area contributed by atoms with E-state index >= 15 is 0 Å². The number of benzene rings is 2.